The van der Waals surface area contributed by atoms with Gasteiger partial charge in [-0.1, -0.05) is 32.0 Å². The van der Waals surface area contributed by atoms with Crippen LogP contribution in [0.25, 0.3) is 11.0 Å². The van der Waals surface area contributed by atoms with E-state index in [1.807, 2.05) is 37.3 Å². The van der Waals surface area contributed by atoms with E-state index in [2.05, 4.69) is 35.3 Å². The number of anilines is 1. The van der Waals surface area contributed by atoms with Gasteiger partial charge in [0.1, 0.15) is 5.75 Å². The van der Waals surface area contributed by atoms with Gasteiger partial charge in [0.15, 0.2) is 5.52 Å². The SMILES string of the molecule is Cc1nc(Oc2ccccc2)c2nc(N)n(CC(C)C)c2c1C. The van der Waals surface area contributed by atoms with Crippen molar-refractivity contribution in [2.24, 2.45) is 5.92 Å². The molecule has 0 aliphatic heterocycles. The molecule has 0 unspecified atom stereocenters. The Labute approximate surface area is 136 Å². The molecule has 2 aromatic heterocycles. The van der Waals surface area contributed by atoms with Crippen LogP contribution in [-0.2, 0) is 6.54 Å². The maximum absolute atomic E-state index is 6.15. The Balaban J connectivity index is 2.18. The summed E-state index contributed by atoms with van der Waals surface area (Å²) in [6, 6.07) is 9.61. The number of aryl methyl sites for hydroxylation is 2. The summed E-state index contributed by atoms with van der Waals surface area (Å²) in [6.07, 6.45) is 0. The molecule has 0 atom stereocenters. The highest BCUT2D eigenvalue weighted by molar-refractivity contribution is 5.86. The highest BCUT2D eigenvalue weighted by Gasteiger charge is 2.19. The number of nitrogens with two attached hydrogens (primary N) is 1. The minimum atomic E-state index is 0.473. The maximum Gasteiger partial charge on any atom is 0.248 e. The van der Waals surface area contributed by atoms with E-state index in [0.29, 0.717) is 17.7 Å². The molecule has 120 valence electrons. The number of nitrogen functional groups attached to an aromatic ring is 1. The Morgan fingerprint density at radius 3 is 2.48 bits per heavy atom. The van der Waals surface area contributed by atoms with E-state index in [4.69, 9.17) is 10.5 Å². The lowest BCUT2D eigenvalue weighted by atomic mass is 10.1. The molecule has 23 heavy (non-hydrogen) atoms. The molecule has 1 aromatic carbocycles. The number of aromatic nitrogens is 3. The molecule has 0 amide bonds. The number of hydrogen-bond donors (Lipinski definition) is 1. The molecule has 3 aromatic rings. The summed E-state index contributed by atoms with van der Waals surface area (Å²) in [5, 5.41) is 0. The van der Waals surface area contributed by atoms with E-state index in [1.165, 1.54) is 0 Å². The standard InChI is InChI=1S/C18H22N4O/c1-11(2)10-22-16-12(3)13(4)20-17(15(16)21-18(22)19)23-14-8-6-5-7-9-14/h5-9,11H,10H2,1-4H3,(H2,19,21). The fraction of sp³-hybridized carbons (Fsp3) is 0.333. The van der Waals surface area contributed by atoms with Gasteiger partial charge < -0.3 is 15.0 Å². The molecule has 0 saturated carbocycles. The highest BCUT2D eigenvalue weighted by atomic mass is 16.5. The highest BCUT2D eigenvalue weighted by Crippen LogP contribution is 2.32. The summed E-state index contributed by atoms with van der Waals surface area (Å²) < 4.78 is 8.02. The third-order valence-electron chi connectivity index (χ3n) is 3.87. The average molecular weight is 310 g/mol. The lowest BCUT2D eigenvalue weighted by Crippen LogP contribution is -2.09. The molecule has 2 heterocycles. The van der Waals surface area contributed by atoms with E-state index in [1.54, 1.807) is 0 Å². The molecular weight excluding hydrogens is 288 g/mol. The van der Waals surface area contributed by atoms with Crippen LogP contribution in [0.5, 0.6) is 11.6 Å². The van der Waals surface area contributed by atoms with Gasteiger partial charge in [0.05, 0.1) is 5.52 Å². The first kappa shape index (κ1) is 15.3. The summed E-state index contributed by atoms with van der Waals surface area (Å²) in [7, 11) is 0. The van der Waals surface area contributed by atoms with Crippen molar-refractivity contribution in [2.75, 3.05) is 5.73 Å². The molecule has 5 nitrogen and oxygen atoms in total. The van der Waals surface area contributed by atoms with Gasteiger partial charge in [-0.25, -0.2) is 9.97 Å². The molecule has 0 spiro atoms. The Hall–Kier alpha value is -2.56. The number of rotatable bonds is 4. The van der Waals surface area contributed by atoms with Gasteiger partial charge in [-0.2, -0.15) is 0 Å². The smallest absolute Gasteiger partial charge is 0.248 e. The van der Waals surface area contributed by atoms with Gasteiger partial charge >= 0.3 is 0 Å². The number of para-hydroxylation sites is 1. The van der Waals surface area contributed by atoms with Gasteiger partial charge in [-0.15, -0.1) is 0 Å². The molecule has 3 rings (SSSR count). The van der Waals surface area contributed by atoms with Crippen molar-refractivity contribution in [3.63, 3.8) is 0 Å². The van der Waals surface area contributed by atoms with E-state index >= 15 is 0 Å². The number of pyridine rings is 1. The molecule has 0 bridgehead atoms. The molecule has 2 N–H and O–H groups in total. The Kier molecular flexibility index (Phi) is 3.94. The summed E-state index contributed by atoms with van der Waals surface area (Å²) in [5.74, 6) is 2.22. The van der Waals surface area contributed by atoms with Crippen LogP contribution in [0.2, 0.25) is 0 Å². The normalized spacial score (nSPS) is 11.3. The van der Waals surface area contributed by atoms with Gasteiger partial charge in [-0.05, 0) is 37.5 Å². The first-order valence-corrected chi connectivity index (χ1v) is 7.83. The van der Waals surface area contributed by atoms with Crippen molar-refractivity contribution in [3.05, 3.63) is 41.6 Å². The van der Waals surface area contributed by atoms with Crippen LogP contribution in [0.3, 0.4) is 0 Å². The monoisotopic (exact) mass is 310 g/mol. The third-order valence-corrected chi connectivity index (χ3v) is 3.87. The van der Waals surface area contributed by atoms with Gasteiger partial charge in [0.2, 0.25) is 11.8 Å². The third kappa shape index (κ3) is 2.86. The fourth-order valence-corrected chi connectivity index (χ4v) is 2.68. The van der Waals surface area contributed by atoms with Crippen LogP contribution >= 0.6 is 0 Å². The van der Waals surface area contributed by atoms with E-state index < -0.39 is 0 Å². The molecule has 0 radical (unpaired) electrons. The number of imidazole rings is 1. The second kappa shape index (κ2) is 5.91. The van der Waals surface area contributed by atoms with Crippen LogP contribution in [0, 0.1) is 19.8 Å². The molecule has 0 fully saturated rings. The first-order chi connectivity index (χ1) is 11.0. The zero-order valence-electron chi connectivity index (χ0n) is 14.0. The number of fused-ring (bicyclic) bond motifs is 1. The summed E-state index contributed by atoms with van der Waals surface area (Å²) in [5.41, 5.74) is 9.89. The van der Waals surface area contributed by atoms with Crippen molar-refractivity contribution < 1.29 is 4.74 Å². The van der Waals surface area contributed by atoms with Crippen LogP contribution < -0.4 is 10.5 Å². The Morgan fingerprint density at radius 2 is 1.83 bits per heavy atom. The fourth-order valence-electron chi connectivity index (χ4n) is 2.68. The number of nitrogens with zero attached hydrogens (tertiary/aromatic N) is 3. The maximum atomic E-state index is 6.15. The molecule has 0 aliphatic rings. The van der Waals surface area contributed by atoms with Crippen LogP contribution in [0.1, 0.15) is 25.1 Å². The minimum Gasteiger partial charge on any atom is -0.437 e. The van der Waals surface area contributed by atoms with Crippen LogP contribution in [0.15, 0.2) is 30.3 Å². The second-order valence-electron chi connectivity index (χ2n) is 6.21. The molecule has 5 heteroatoms. The number of ether oxygens (including phenoxy) is 1. The first-order valence-electron chi connectivity index (χ1n) is 7.83. The predicted molar refractivity (Wildman–Crippen MR) is 92.8 cm³/mol. The summed E-state index contributed by atoms with van der Waals surface area (Å²) in [6.45, 7) is 9.17. The van der Waals surface area contributed by atoms with Crippen molar-refractivity contribution in [1.82, 2.24) is 14.5 Å². The lowest BCUT2D eigenvalue weighted by Gasteiger charge is -2.13. The molecular formula is C18H22N4O. The zero-order valence-corrected chi connectivity index (χ0v) is 14.0. The largest absolute Gasteiger partial charge is 0.437 e. The van der Waals surface area contributed by atoms with Crippen molar-refractivity contribution in [3.8, 4) is 11.6 Å². The summed E-state index contributed by atoms with van der Waals surface area (Å²) in [4.78, 5) is 9.09. The quantitative estimate of drug-likeness (QED) is 0.788. The van der Waals surface area contributed by atoms with Crippen LogP contribution in [0.4, 0.5) is 5.95 Å². The van der Waals surface area contributed by atoms with E-state index in [9.17, 15) is 0 Å². The second-order valence-corrected chi connectivity index (χ2v) is 6.21. The molecule has 0 saturated heterocycles. The Bertz CT molecular complexity index is 837. The average Bonchev–Trinajstić information content (AvgIpc) is 2.82. The van der Waals surface area contributed by atoms with Crippen molar-refractivity contribution in [2.45, 2.75) is 34.2 Å². The van der Waals surface area contributed by atoms with Crippen molar-refractivity contribution >= 4 is 17.0 Å². The van der Waals surface area contributed by atoms with E-state index in [-0.39, 0.29) is 0 Å². The van der Waals surface area contributed by atoms with Gasteiger partial charge in [0.25, 0.3) is 0 Å². The van der Waals surface area contributed by atoms with E-state index in [0.717, 1.165) is 34.6 Å². The minimum absolute atomic E-state index is 0.473. The van der Waals surface area contributed by atoms with Crippen LogP contribution in [-0.4, -0.2) is 14.5 Å². The Morgan fingerprint density at radius 1 is 1.13 bits per heavy atom. The molecule has 0 aliphatic carbocycles. The predicted octanol–water partition coefficient (Wildman–Crippen LogP) is 4.08. The number of benzene rings is 1. The summed E-state index contributed by atoms with van der Waals surface area (Å²) >= 11 is 0. The number of hydrogen-bond acceptors (Lipinski definition) is 4. The van der Waals surface area contributed by atoms with Gasteiger partial charge in [0, 0.05) is 12.2 Å². The zero-order chi connectivity index (χ0) is 16.6. The van der Waals surface area contributed by atoms with Gasteiger partial charge in [-0.3, -0.25) is 0 Å². The topological polar surface area (TPSA) is 66.0 Å². The van der Waals surface area contributed by atoms with Crippen molar-refractivity contribution in [1.29, 1.82) is 0 Å². The lowest BCUT2D eigenvalue weighted by molar-refractivity contribution is 0.466.